The molecule has 1 amide bonds. The van der Waals surface area contributed by atoms with Crippen molar-refractivity contribution in [3.63, 3.8) is 0 Å². The first-order chi connectivity index (χ1) is 11.0. The molecule has 0 aliphatic heterocycles. The summed E-state index contributed by atoms with van der Waals surface area (Å²) in [5.41, 5.74) is 1.57. The van der Waals surface area contributed by atoms with E-state index in [2.05, 4.69) is 4.98 Å². The molecule has 1 unspecified atom stereocenters. The van der Waals surface area contributed by atoms with Crippen molar-refractivity contribution in [2.45, 2.75) is 26.5 Å². The van der Waals surface area contributed by atoms with E-state index in [9.17, 15) is 14.7 Å². The first-order valence-electron chi connectivity index (χ1n) is 7.15. The lowest BCUT2D eigenvalue weighted by Crippen LogP contribution is -2.39. The standard InChI is InChI=1S/C16H18N2O4S/c1-3-18(13(15(19)20)14-17-11(2)10-23-14)16(21)22-9-12-7-5-4-6-8-12/h4-8,10,13H,3,9H2,1-2H3,(H,19,20). The lowest BCUT2D eigenvalue weighted by Gasteiger charge is -2.25. The zero-order valence-electron chi connectivity index (χ0n) is 12.9. The number of nitrogens with zero attached hydrogens (tertiary/aromatic N) is 2. The zero-order valence-corrected chi connectivity index (χ0v) is 13.7. The predicted octanol–water partition coefficient (Wildman–Crippen LogP) is 3.24. The fourth-order valence-electron chi connectivity index (χ4n) is 2.09. The molecule has 0 fully saturated rings. The minimum Gasteiger partial charge on any atom is -0.479 e. The van der Waals surface area contributed by atoms with Crippen molar-refractivity contribution in [3.05, 3.63) is 52.0 Å². The van der Waals surface area contributed by atoms with Gasteiger partial charge in [0.15, 0.2) is 6.04 Å². The summed E-state index contributed by atoms with van der Waals surface area (Å²) in [6, 6.07) is 8.10. The van der Waals surface area contributed by atoms with Gasteiger partial charge in [-0.3, -0.25) is 4.90 Å². The van der Waals surface area contributed by atoms with Gasteiger partial charge in [-0.25, -0.2) is 14.6 Å². The van der Waals surface area contributed by atoms with Gasteiger partial charge in [0, 0.05) is 17.6 Å². The molecular weight excluding hydrogens is 316 g/mol. The molecule has 0 spiro atoms. The Balaban J connectivity index is 2.12. The Bertz CT molecular complexity index is 672. The van der Waals surface area contributed by atoms with Crippen LogP contribution in [0.5, 0.6) is 0 Å². The number of aryl methyl sites for hydroxylation is 1. The topological polar surface area (TPSA) is 79.7 Å². The van der Waals surface area contributed by atoms with E-state index in [-0.39, 0.29) is 13.2 Å². The number of benzene rings is 1. The Morgan fingerprint density at radius 1 is 1.35 bits per heavy atom. The highest BCUT2D eigenvalue weighted by molar-refractivity contribution is 7.09. The molecule has 6 nitrogen and oxygen atoms in total. The number of likely N-dealkylation sites (N-methyl/N-ethyl adjacent to an activating group) is 1. The number of carboxylic acids is 1. The minimum atomic E-state index is -1.14. The number of hydrogen-bond acceptors (Lipinski definition) is 5. The number of ether oxygens (including phenoxy) is 1. The third-order valence-electron chi connectivity index (χ3n) is 3.20. The van der Waals surface area contributed by atoms with Crippen LogP contribution in [0.25, 0.3) is 0 Å². The minimum absolute atomic E-state index is 0.0966. The van der Waals surface area contributed by atoms with Gasteiger partial charge in [0.25, 0.3) is 0 Å². The third kappa shape index (κ3) is 4.29. The van der Waals surface area contributed by atoms with Crippen LogP contribution in [-0.2, 0) is 16.1 Å². The van der Waals surface area contributed by atoms with E-state index in [1.165, 1.54) is 16.2 Å². The van der Waals surface area contributed by atoms with Gasteiger partial charge in [0.1, 0.15) is 11.6 Å². The summed E-state index contributed by atoms with van der Waals surface area (Å²) in [6.07, 6.45) is -0.670. The largest absolute Gasteiger partial charge is 0.479 e. The molecule has 122 valence electrons. The van der Waals surface area contributed by atoms with E-state index in [1.54, 1.807) is 19.2 Å². The first kappa shape index (κ1) is 17.0. The van der Waals surface area contributed by atoms with E-state index in [0.29, 0.717) is 5.01 Å². The molecule has 2 aromatic rings. The maximum Gasteiger partial charge on any atom is 0.411 e. The molecule has 0 saturated carbocycles. The number of aliphatic carboxylic acids is 1. The summed E-state index contributed by atoms with van der Waals surface area (Å²) >= 11 is 1.22. The molecule has 23 heavy (non-hydrogen) atoms. The number of carbonyl (C=O) groups is 2. The van der Waals surface area contributed by atoms with Crippen LogP contribution in [0.4, 0.5) is 4.79 Å². The van der Waals surface area contributed by atoms with Crippen molar-refractivity contribution in [2.24, 2.45) is 0 Å². The molecule has 1 N–H and O–H groups in total. The first-order valence-corrected chi connectivity index (χ1v) is 8.03. The van der Waals surface area contributed by atoms with Crippen molar-refractivity contribution in [1.82, 2.24) is 9.88 Å². The van der Waals surface area contributed by atoms with Crippen LogP contribution >= 0.6 is 11.3 Å². The van der Waals surface area contributed by atoms with Gasteiger partial charge in [-0.2, -0.15) is 0 Å². The monoisotopic (exact) mass is 334 g/mol. The lowest BCUT2D eigenvalue weighted by atomic mass is 10.2. The SMILES string of the molecule is CCN(C(=O)OCc1ccccc1)C(C(=O)O)c1nc(C)cs1. The number of amides is 1. The maximum atomic E-state index is 12.3. The number of rotatable bonds is 6. The van der Waals surface area contributed by atoms with Crippen LogP contribution in [0.15, 0.2) is 35.7 Å². The van der Waals surface area contributed by atoms with E-state index in [1.807, 2.05) is 30.3 Å². The highest BCUT2D eigenvalue weighted by Crippen LogP contribution is 2.25. The summed E-state index contributed by atoms with van der Waals surface area (Å²) in [7, 11) is 0. The van der Waals surface area contributed by atoms with E-state index in [0.717, 1.165) is 11.3 Å². The van der Waals surface area contributed by atoms with Crippen molar-refractivity contribution >= 4 is 23.4 Å². The van der Waals surface area contributed by atoms with E-state index < -0.39 is 18.1 Å². The molecule has 0 aliphatic rings. The average Bonchev–Trinajstić information content (AvgIpc) is 2.96. The molecular formula is C16H18N2O4S. The fourth-order valence-corrected chi connectivity index (χ4v) is 2.99. The zero-order chi connectivity index (χ0) is 16.8. The molecule has 1 aromatic heterocycles. The lowest BCUT2D eigenvalue weighted by molar-refractivity contribution is -0.143. The number of carbonyl (C=O) groups excluding carboxylic acids is 1. The molecule has 2 rings (SSSR count). The summed E-state index contributed by atoms with van der Waals surface area (Å²) < 4.78 is 5.24. The molecule has 0 aliphatic carbocycles. The van der Waals surface area contributed by atoms with Gasteiger partial charge < -0.3 is 9.84 Å². The van der Waals surface area contributed by atoms with Crippen LogP contribution in [0.1, 0.15) is 29.2 Å². The second kappa shape index (κ2) is 7.73. The van der Waals surface area contributed by atoms with Crippen LogP contribution < -0.4 is 0 Å². The molecule has 1 atom stereocenters. The van der Waals surface area contributed by atoms with Crippen LogP contribution in [-0.4, -0.2) is 33.6 Å². The van der Waals surface area contributed by atoms with Crippen LogP contribution in [0, 0.1) is 6.92 Å². The maximum absolute atomic E-state index is 12.3. The number of thiazole rings is 1. The van der Waals surface area contributed by atoms with Gasteiger partial charge in [-0.1, -0.05) is 30.3 Å². The second-order valence-electron chi connectivity index (χ2n) is 4.89. The van der Waals surface area contributed by atoms with E-state index >= 15 is 0 Å². The Hall–Kier alpha value is -2.41. The Morgan fingerprint density at radius 2 is 2.04 bits per heavy atom. The van der Waals surface area contributed by atoms with Gasteiger partial charge in [0.05, 0.1) is 0 Å². The van der Waals surface area contributed by atoms with Gasteiger partial charge in [-0.15, -0.1) is 11.3 Å². The summed E-state index contributed by atoms with van der Waals surface area (Å²) in [5.74, 6) is -1.13. The smallest absolute Gasteiger partial charge is 0.411 e. The summed E-state index contributed by atoms with van der Waals surface area (Å²) in [5, 5.41) is 11.6. The molecule has 7 heteroatoms. The summed E-state index contributed by atoms with van der Waals surface area (Å²) in [6.45, 7) is 3.80. The van der Waals surface area contributed by atoms with Crippen molar-refractivity contribution < 1.29 is 19.4 Å². The quantitative estimate of drug-likeness (QED) is 0.877. The number of aromatic nitrogens is 1. The molecule has 1 heterocycles. The van der Waals surface area contributed by atoms with Gasteiger partial charge >= 0.3 is 12.1 Å². The Labute approximate surface area is 138 Å². The normalized spacial score (nSPS) is 11.7. The average molecular weight is 334 g/mol. The molecule has 0 saturated heterocycles. The third-order valence-corrected chi connectivity index (χ3v) is 4.21. The highest BCUT2D eigenvalue weighted by atomic mass is 32.1. The van der Waals surface area contributed by atoms with Gasteiger partial charge in [-0.05, 0) is 19.4 Å². The molecule has 0 bridgehead atoms. The fraction of sp³-hybridized carbons (Fsp3) is 0.312. The van der Waals surface area contributed by atoms with Crippen molar-refractivity contribution in [2.75, 3.05) is 6.54 Å². The number of carboxylic acid groups (broad SMARTS) is 1. The van der Waals surface area contributed by atoms with Crippen molar-refractivity contribution in [1.29, 1.82) is 0 Å². The molecule has 0 radical (unpaired) electrons. The van der Waals surface area contributed by atoms with Crippen LogP contribution in [0.2, 0.25) is 0 Å². The predicted molar refractivity (Wildman–Crippen MR) is 86.2 cm³/mol. The molecule has 1 aromatic carbocycles. The Morgan fingerprint density at radius 3 is 2.57 bits per heavy atom. The van der Waals surface area contributed by atoms with Crippen LogP contribution in [0.3, 0.4) is 0 Å². The summed E-state index contributed by atoms with van der Waals surface area (Å²) in [4.78, 5) is 29.3. The van der Waals surface area contributed by atoms with Gasteiger partial charge in [0.2, 0.25) is 0 Å². The second-order valence-corrected chi connectivity index (χ2v) is 5.78. The number of hydrogen-bond donors (Lipinski definition) is 1. The highest BCUT2D eigenvalue weighted by Gasteiger charge is 2.33. The van der Waals surface area contributed by atoms with Crippen molar-refractivity contribution in [3.8, 4) is 0 Å². The Kier molecular flexibility index (Phi) is 5.70. The van der Waals surface area contributed by atoms with E-state index in [4.69, 9.17) is 4.74 Å².